The molecule has 88 valence electrons. The first-order chi connectivity index (χ1) is 7.84. The molecule has 0 N–H and O–H groups in total. The Labute approximate surface area is 94.6 Å². The van der Waals surface area contributed by atoms with E-state index < -0.39 is 0 Å². The number of morpholine rings is 1. The van der Waals surface area contributed by atoms with E-state index in [1.165, 1.54) is 12.8 Å². The fourth-order valence-corrected chi connectivity index (χ4v) is 2.10. The number of tetrazole rings is 1. The molecule has 2 heterocycles. The van der Waals surface area contributed by atoms with Crippen molar-refractivity contribution in [2.45, 2.75) is 38.4 Å². The summed E-state index contributed by atoms with van der Waals surface area (Å²) in [7, 11) is 0. The normalized spacial score (nSPS) is 27.2. The van der Waals surface area contributed by atoms with E-state index in [2.05, 4.69) is 27.3 Å². The fourth-order valence-electron chi connectivity index (χ4n) is 2.10. The average molecular weight is 223 g/mol. The first-order valence-corrected chi connectivity index (χ1v) is 5.93. The van der Waals surface area contributed by atoms with Crippen molar-refractivity contribution < 1.29 is 4.74 Å². The molecule has 1 saturated heterocycles. The second-order valence-corrected chi connectivity index (χ2v) is 4.67. The van der Waals surface area contributed by atoms with Crippen molar-refractivity contribution in [3.8, 4) is 0 Å². The second kappa shape index (κ2) is 4.10. The minimum Gasteiger partial charge on any atom is -0.379 e. The number of ether oxygens (including phenoxy) is 1. The molecule has 3 rings (SSSR count). The van der Waals surface area contributed by atoms with Gasteiger partial charge in [-0.3, -0.25) is 4.90 Å². The predicted octanol–water partition coefficient (Wildman–Crippen LogP) is 0.229. The SMILES string of the molecule is CC1COCCN1Cc1nnnn1C1CC1. The van der Waals surface area contributed by atoms with Crippen molar-refractivity contribution in [3.05, 3.63) is 5.82 Å². The maximum absolute atomic E-state index is 5.42. The molecule has 1 atom stereocenters. The lowest BCUT2D eigenvalue weighted by Crippen LogP contribution is -2.43. The summed E-state index contributed by atoms with van der Waals surface area (Å²) >= 11 is 0. The molecule has 1 aliphatic heterocycles. The number of aromatic nitrogens is 4. The van der Waals surface area contributed by atoms with Gasteiger partial charge in [-0.2, -0.15) is 0 Å². The molecule has 6 nitrogen and oxygen atoms in total. The summed E-state index contributed by atoms with van der Waals surface area (Å²) in [6.07, 6.45) is 2.44. The van der Waals surface area contributed by atoms with E-state index in [0.717, 1.165) is 32.1 Å². The van der Waals surface area contributed by atoms with Gasteiger partial charge in [0.2, 0.25) is 0 Å². The summed E-state index contributed by atoms with van der Waals surface area (Å²) in [6, 6.07) is 1.01. The van der Waals surface area contributed by atoms with E-state index in [9.17, 15) is 0 Å². The first kappa shape index (κ1) is 10.2. The van der Waals surface area contributed by atoms with E-state index in [1.807, 2.05) is 4.68 Å². The topological polar surface area (TPSA) is 56.1 Å². The Morgan fingerprint density at radius 3 is 3.06 bits per heavy atom. The van der Waals surface area contributed by atoms with E-state index in [-0.39, 0.29) is 0 Å². The van der Waals surface area contributed by atoms with Gasteiger partial charge in [0.05, 0.1) is 25.8 Å². The number of hydrogen-bond donors (Lipinski definition) is 0. The van der Waals surface area contributed by atoms with Crippen molar-refractivity contribution >= 4 is 0 Å². The molecule has 0 bridgehead atoms. The molecule has 0 aromatic carbocycles. The third kappa shape index (κ3) is 1.94. The van der Waals surface area contributed by atoms with Gasteiger partial charge in [-0.1, -0.05) is 0 Å². The maximum atomic E-state index is 5.42. The van der Waals surface area contributed by atoms with Gasteiger partial charge in [0.1, 0.15) is 0 Å². The van der Waals surface area contributed by atoms with Gasteiger partial charge >= 0.3 is 0 Å². The molecule has 0 amide bonds. The Morgan fingerprint density at radius 1 is 1.44 bits per heavy atom. The molecule has 1 aliphatic carbocycles. The van der Waals surface area contributed by atoms with Gasteiger partial charge in [-0.05, 0) is 30.2 Å². The van der Waals surface area contributed by atoms with Crippen molar-refractivity contribution in [2.75, 3.05) is 19.8 Å². The van der Waals surface area contributed by atoms with E-state index in [0.29, 0.717) is 12.1 Å². The summed E-state index contributed by atoms with van der Waals surface area (Å²) < 4.78 is 7.41. The zero-order chi connectivity index (χ0) is 11.0. The van der Waals surface area contributed by atoms with Crippen molar-refractivity contribution in [1.29, 1.82) is 0 Å². The van der Waals surface area contributed by atoms with Crippen LogP contribution >= 0.6 is 0 Å². The monoisotopic (exact) mass is 223 g/mol. The molecule has 1 aromatic rings. The van der Waals surface area contributed by atoms with Crippen LogP contribution in [-0.4, -0.2) is 50.9 Å². The zero-order valence-electron chi connectivity index (χ0n) is 9.54. The third-order valence-corrected chi connectivity index (χ3v) is 3.30. The minimum absolute atomic E-state index is 0.457. The van der Waals surface area contributed by atoms with Crippen LogP contribution in [0.3, 0.4) is 0 Å². The number of rotatable bonds is 3. The van der Waals surface area contributed by atoms with E-state index in [1.54, 1.807) is 0 Å². The minimum atomic E-state index is 0.457. The third-order valence-electron chi connectivity index (χ3n) is 3.30. The highest BCUT2D eigenvalue weighted by Gasteiger charge is 2.29. The number of nitrogens with zero attached hydrogens (tertiary/aromatic N) is 5. The van der Waals surface area contributed by atoms with Crippen LogP contribution in [0.15, 0.2) is 0 Å². The fraction of sp³-hybridized carbons (Fsp3) is 0.900. The lowest BCUT2D eigenvalue weighted by Gasteiger charge is -2.32. The zero-order valence-corrected chi connectivity index (χ0v) is 9.54. The molecule has 2 aliphatic rings. The van der Waals surface area contributed by atoms with Gasteiger partial charge in [0.25, 0.3) is 0 Å². The largest absolute Gasteiger partial charge is 0.379 e. The Kier molecular flexibility index (Phi) is 2.61. The lowest BCUT2D eigenvalue weighted by molar-refractivity contribution is -0.00610. The smallest absolute Gasteiger partial charge is 0.165 e. The van der Waals surface area contributed by atoms with Crippen LogP contribution in [-0.2, 0) is 11.3 Å². The van der Waals surface area contributed by atoms with Gasteiger partial charge in [0, 0.05) is 12.6 Å². The summed E-state index contributed by atoms with van der Waals surface area (Å²) in [6.45, 7) is 5.62. The molecule has 0 spiro atoms. The Balaban J connectivity index is 1.70. The molecule has 1 aromatic heterocycles. The molecule has 16 heavy (non-hydrogen) atoms. The Hall–Kier alpha value is -1.01. The maximum Gasteiger partial charge on any atom is 0.165 e. The molecule has 0 radical (unpaired) electrons. The summed E-state index contributed by atoms with van der Waals surface area (Å²) in [5.41, 5.74) is 0. The van der Waals surface area contributed by atoms with E-state index >= 15 is 0 Å². The average Bonchev–Trinajstić information content (AvgIpc) is 3.03. The Bertz CT molecular complexity index is 362. The van der Waals surface area contributed by atoms with Crippen LogP contribution in [0, 0.1) is 0 Å². The van der Waals surface area contributed by atoms with Crippen molar-refractivity contribution in [3.63, 3.8) is 0 Å². The molecule has 6 heteroatoms. The van der Waals surface area contributed by atoms with Gasteiger partial charge in [-0.15, -0.1) is 5.10 Å². The van der Waals surface area contributed by atoms with E-state index in [4.69, 9.17) is 4.74 Å². The molecule has 2 fully saturated rings. The summed E-state index contributed by atoms with van der Waals surface area (Å²) in [5.74, 6) is 0.997. The quantitative estimate of drug-likeness (QED) is 0.734. The van der Waals surface area contributed by atoms with Crippen molar-refractivity contribution in [1.82, 2.24) is 25.1 Å². The van der Waals surface area contributed by atoms with Crippen LogP contribution in [0.4, 0.5) is 0 Å². The highest BCUT2D eigenvalue weighted by atomic mass is 16.5. The second-order valence-electron chi connectivity index (χ2n) is 4.67. The van der Waals surface area contributed by atoms with Crippen LogP contribution < -0.4 is 0 Å². The van der Waals surface area contributed by atoms with Gasteiger partial charge in [0.15, 0.2) is 5.82 Å². The van der Waals surface area contributed by atoms with Crippen LogP contribution in [0.1, 0.15) is 31.6 Å². The molecular weight excluding hydrogens is 206 g/mol. The van der Waals surface area contributed by atoms with Gasteiger partial charge in [-0.25, -0.2) is 4.68 Å². The lowest BCUT2D eigenvalue weighted by atomic mass is 10.2. The predicted molar refractivity (Wildman–Crippen MR) is 56.8 cm³/mol. The van der Waals surface area contributed by atoms with Crippen LogP contribution in [0.25, 0.3) is 0 Å². The molecular formula is C10H17N5O. The summed E-state index contributed by atoms with van der Waals surface area (Å²) in [4.78, 5) is 2.38. The first-order valence-electron chi connectivity index (χ1n) is 5.93. The highest BCUT2D eigenvalue weighted by molar-refractivity contribution is 4.91. The highest BCUT2D eigenvalue weighted by Crippen LogP contribution is 2.34. The summed E-state index contributed by atoms with van der Waals surface area (Å²) in [5, 5.41) is 12.0. The van der Waals surface area contributed by atoms with Crippen molar-refractivity contribution in [2.24, 2.45) is 0 Å². The van der Waals surface area contributed by atoms with Crippen LogP contribution in [0.2, 0.25) is 0 Å². The Morgan fingerprint density at radius 2 is 2.31 bits per heavy atom. The standard InChI is InChI=1S/C10H17N5O/c1-8-7-16-5-4-14(8)6-10-11-12-13-15(10)9-2-3-9/h8-9H,2-7H2,1H3. The molecule has 1 unspecified atom stereocenters. The number of hydrogen-bond acceptors (Lipinski definition) is 5. The van der Waals surface area contributed by atoms with Gasteiger partial charge < -0.3 is 4.74 Å². The van der Waals surface area contributed by atoms with Crippen LogP contribution in [0.5, 0.6) is 0 Å². The molecule has 1 saturated carbocycles.